The number of nitrogens with one attached hydrogen (secondary N) is 1. The second-order valence-corrected chi connectivity index (χ2v) is 7.94. The van der Waals surface area contributed by atoms with Gasteiger partial charge in [0.2, 0.25) is 0 Å². The zero-order valence-electron chi connectivity index (χ0n) is 11.9. The summed E-state index contributed by atoms with van der Waals surface area (Å²) >= 11 is 2.13. The number of rotatable bonds is 5. The molecular formula is C14H28N2OS. The van der Waals surface area contributed by atoms with Gasteiger partial charge in [0.05, 0.1) is 6.61 Å². The predicted molar refractivity (Wildman–Crippen MR) is 79.4 cm³/mol. The third-order valence-electron chi connectivity index (χ3n) is 3.99. The standard InChI is InChI=1S/C14H28N2OS/c1-14(2)4-6-16(8-10-18-14)7-5-15-11-13-3-9-17-12-13/h13,15H,3-12H2,1-2H3. The van der Waals surface area contributed by atoms with Crippen molar-refractivity contribution in [1.29, 1.82) is 0 Å². The van der Waals surface area contributed by atoms with Crippen LogP contribution < -0.4 is 5.32 Å². The number of hydrogen-bond donors (Lipinski definition) is 1. The van der Waals surface area contributed by atoms with Crippen LogP contribution in [0, 0.1) is 5.92 Å². The van der Waals surface area contributed by atoms with Crippen LogP contribution in [0.2, 0.25) is 0 Å². The van der Waals surface area contributed by atoms with Crippen LogP contribution in [0.3, 0.4) is 0 Å². The van der Waals surface area contributed by atoms with Gasteiger partial charge >= 0.3 is 0 Å². The third kappa shape index (κ3) is 5.08. The molecular weight excluding hydrogens is 244 g/mol. The van der Waals surface area contributed by atoms with Gasteiger partial charge < -0.3 is 15.0 Å². The Balaban J connectivity index is 1.55. The fourth-order valence-electron chi connectivity index (χ4n) is 2.57. The van der Waals surface area contributed by atoms with E-state index in [2.05, 4.69) is 35.8 Å². The molecule has 3 nitrogen and oxygen atoms in total. The van der Waals surface area contributed by atoms with Crippen LogP contribution in [-0.2, 0) is 4.74 Å². The maximum atomic E-state index is 5.39. The second kappa shape index (κ2) is 7.13. The molecule has 18 heavy (non-hydrogen) atoms. The van der Waals surface area contributed by atoms with E-state index in [9.17, 15) is 0 Å². The fraction of sp³-hybridized carbons (Fsp3) is 1.00. The molecule has 1 unspecified atom stereocenters. The third-order valence-corrected chi connectivity index (χ3v) is 5.36. The topological polar surface area (TPSA) is 24.5 Å². The molecule has 0 aromatic rings. The SMILES string of the molecule is CC1(C)CCN(CCNCC2CCOC2)CCS1. The van der Waals surface area contributed by atoms with E-state index < -0.39 is 0 Å². The summed E-state index contributed by atoms with van der Waals surface area (Å²) in [6.45, 7) is 12.6. The Morgan fingerprint density at radius 1 is 1.39 bits per heavy atom. The van der Waals surface area contributed by atoms with Crippen LogP contribution in [0.25, 0.3) is 0 Å². The molecule has 106 valence electrons. The van der Waals surface area contributed by atoms with E-state index in [1.165, 1.54) is 38.2 Å². The quantitative estimate of drug-likeness (QED) is 0.772. The Bertz CT molecular complexity index is 242. The molecule has 2 rings (SSSR count). The highest BCUT2D eigenvalue weighted by Gasteiger charge is 2.23. The highest BCUT2D eigenvalue weighted by atomic mass is 32.2. The van der Waals surface area contributed by atoms with Crippen molar-refractivity contribution in [2.45, 2.75) is 31.4 Å². The number of nitrogens with zero attached hydrogens (tertiary/aromatic N) is 1. The van der Waals surface area contributed by atoms with E-state index in [1.807, 2.05) is 0 Å². The average molecular weight is 272 g/mol. The Morgan fingerprint density at radius 2 is 2.28 bits per heavy atom. The van der Waals surface area contributed by atoms with Crippen LogP contribution >= 0.6 is 11.8 Å². The zero-order chi connectivity index (χ0) is 12.8. The van der Waals surface area contributed by atoms with Crippen molar-refractivity contribution >= 4 is 11.8 Å². The van der Waals surface area contributed by atoms with Gasteiger partial charge in [-0.1, -0.05) is 13.8 Å². The second-order valence-electron chi connectivity index (χ2n) is 6.13. The summed E-state index contributed by atoms with van der Waals surface area (Å²) in [4.78, 5) is 2.61. The summed E-state index contributed by atoms with van der Waals surface area (Å²) in [5, 5.41) is 3.59. The van der Waals surface area contributed by atoms with Crippen molar-refractivity contribution < 1.29 is 4.74 Å². The monoisotopic (exact) mass is 272 g/mol. The summed E-state index contributed by atoms with van der Waals surface area (Å²) < 4.78 is 5.87. The first-order chi connectivity index (χ1) is 8.66. The van der Waals surface area contributed by atoms with Gasteiger partial charge in [-0.05, 0) is 25.3 Å². The molecule has 2 fully saturated rings. The molecule has 2 saturated heterocycles. The molecule has 0 radical (unpaired) electrons. The summed E-state index contributed by atoms with van der Waals surface area (Å²) in [5.41, 5.74) is 0. The molecule has 0 bridgehead atoms. The molecule has 0 aromatic carbocycles. The lowest BCUT2D eigenvalue weighted by molar-refractivity contribution is 0.185. The highest BCUT2D eigenvalue weighted by Crippen LogP contribution is 2.30. The van der Waals surface area contributed by atoms with Gasteiger partial charge in [0.15, 0.2) is 0 Å². The number of ether oxygens (including phenoxy) is 1. The number of hydrogen-bond acceptors (Lipinski definition) is 4. The van der Waals surface area contributed by atoms with Crippen molar-refractivity contribution in [3.63, 3.8) is 0 Å². The fourth-order valence-corrected chi connectivity index (χ4v) is 3.71. The zero-order valence-corrected chi connectivity index (χ0v) is 12.7. The Hall–Kier alpha value is 0.230. The van der Waals surface area contributed by atoms with Gasteiger partial charge in [-0.25, -0.2) is 0 Å². The first-order valence-electron chi connectivity index (χ1n) is 7.30. The molecule has 1 N–H and O–H groups in total. The van der Waals surface area contributed by atoms with Crippen LogP contribution in [0.15, 0.2) is 0 Å². The molecule has 2 aliphatic heterocycles. The first-order valence-corrected chi connectivity index (χ1v) is 8.29. The lowest BCUT2D eigenvalue weighted by Gasteiger charge is -2.22. The van der Waals surface area contributed by atoms with Gasteiger partial charge in [0.25, 0.3) is 0 Å². The van der Waals surface area contributed by atoms with E-state index in [4.69, 9.17) is 4.74 Å². The number of thioether (sulfide) groups is 1. The highest BCUT2D eigenvalue weighted by molar-refractivity contribution is 8.00. The first kappa shape index (κ1) is 14.6. The van der Waals surface area contributed by atoms with Crippen molar-refractivity contribution in [2.24, 2.45) is 5.92 Å². The largest absolute Gasteiger partial charge is 0.381 e. The molecule has 0 spiro atoms. The molecule has 2 heterocycles. The minimum Gasteiger partial charge on any atom is -0.381 e. The van der Waals surface area contributed by atoms with Crippen LogP contribution in [0.5, 0.6) is 0 Å². The summed E-state index contributed by atoms with van der Waals surface area (Å²) in [6, 6.07) is 0. The Morgan fingerprint density at radius 3 is 3.06 bits per heavy atom. The maximum absolute atomic E-state index is 5.39. The summed E-state index contributed by atoms with van der Waals surface area (Å²) in [5.74, 6) is 2.03. The predicted octanol–water partition coefficient (Wildman–Crippen LogP) is 1.83. The van der Waals surface area contributed by atoms with Gasteiger partial charge in [-0.3, -0.25) is 0 Å². The molecule has 1 atom stereocenters. The average Bonchev–Trinajstić information content (AvgIpc) is 2.77. The minimum absolute atomic E-state index is 0.476. The van der Waals surface area contributed by atoms with Crippen molar-refractivity contribution in [3.05, 3.63) is 0 Å². The van der Waals surface area contributed by atoms with Crippen molar-refractivity contribution in [1.82, 2.24) is 10.2 Å². The summed E-state index contributed by atoms with van der Waals surface area (Å²) in [6.07, 6.45) is 2.55. The van der Waals surface area contributed by atoms with Gasteiger partial charge in [-0.15, -0.1) is 0 Å². The minimum atomic E-state index is 0.476. The maximum Gasteiger partial charge on any atom is 0.0507 e. The Kier molecular flexibility index (Phi) is 5.80. The van der Waals surface area contributed by atoms with E-state index >= 15 is 0 Å². The van der Waals surface area contributed by atoms with E-state index in [-0.39, 0.29) is 0 Å². The Labute approximate surface area is 116 Å². The lowest BCUT2D eigenvalue weighted by atomic mass is 10.1. The molecule has 0 aromatic heterocycles. The van der Waals surface area contributed by atoms with Crippen LogP contribution in [0.1, 0.15) is 26.7 Å². The molecule has 0 saturated carbocycles. The van der Waals surface area contributed by atoms with Gasteiger partial charge in [0, 0.05) is 43.3 Å². The van der Waals surface area contributed by atoms with Crippen molar-refractivity contribution in [3.8, 4) is 0 Å². The molecule has 0 amide bonds. The van der Waals surface area contributed by atoms with Crippen LogP contribution in [0.4, 0.5) is 0 Å². The van der Waals surface area contributed by atoms with E-state index in [0.717, 1.165) is 32.2 Å². The van der Waals surface area contributed by atoms with E-state index in [1.54, 1.807) is 0 Å². The van der Waals surface area contributed by atoms with Gasteiger partial charge in [0.1, 0.15) is 0 Å². The smallest absolute Gasteiger partial charge is 0.0507 e. The van der Waals surface area contributed by atoms with E-state index in [0.29, 0.717) is 4.75 Å². The van der Waals surface area contributed by atoms with Crippen molar-refractivity contribution in [2.75, 3.05) is 51.7 Å². The van der Waals surface area contributed by atoms with Crippen LogP contribution in [-0.4, -0.2) is 61.3 Å². The lowest BCUT2D eigenvalue weighted by Crippen LogP contribution is -2.35. The molecule has 0 aliphatic carbocycles. The van der Waals surface area contributed by atoms with Gasteiger partial charge in [-0.2, -0.15) is 11.8 Å². The normalized spacial score (nSPS) is 29.3. The summed E-state index contributed by atoms with van der Waals surface area (Å²) in [7, 11) is 0. The molecule has 2 aliphatic rings. The molecule has 4 heteroatoms.